The number of nitrogens with one attached hydrogen (secondary N) is 1. The van der Waals surface area contributed by atoms with E-state index in [1.165, 1.54) is 10.6 Å². The Kier molecular flexibility index (Phi) is 3.19. The summed E-state index contributed by atoms with van der Waals surface area (Å²) in [5.74, 6) is -0.621. The van der Waals surface area contributed by atoms with E-state index in [9.17, 15) is 9.59 Å². The van der Waals surface area contributed by atoms with Gasteiger partial charge in [-0.2, -0.15) is 0 Å². The zero-order valence-electron chi connectivity index (χ0n) is 10.8. The number of allylic oxidation sites excluding steroid dienone is 1. The molecule has 4 heteroatoms. The van der Waals surface area contributed by atoms with Crippen molar-refractivity contribution in [2.45, 2.75) is 27.2 Å². The molecule has 1 fully saturated rings. The Hall–Kier alpha value is -2.10. The third-order valence-electron chi connectivity index (χ3n) is 2.96. The predicted molar refractivity (Wildman–Crippen MR) is 69.8 cm³/mol. The standard InChI is InChI=1S/C14H16N2O2/c1-4-10-5-7-11(8-6-10)16-14(18)12(9(2)3)13(17)15-16/h5-8H,4H2,1-3H3,(H,15,17). The number of benzene rings is 1. The fourth-order valence-electron chi connectivity index (χ4n) is 1.92. The third kappa shape index (κ3) is 2.01. The number of aryl methyl sites for hydroxylation is 1. The summed E-state index contributed by atoms with van der Waals surface area (Å²) < 4.78 is 0. The molecule has 0 unspecified atom stereocenters. The van der Waals surface area contributed by atoms with Gasteiger partial charge in [0.15, 0.2) is 0 Å². The monoisotopic (exact) mass is 244 g/mol. The molecule has 0 atom stereocenters. The van der Waals surface area contributed by atoms with Crippen LogP contribution >= 0.6 is 0 Å². The lowest BCUT2D eigenvalue weighted by atomic mass is 10.1. The van der Waals surface area contributed by atoms with Crippen LogP contribution in [0.5, 0.6) is 0 Å². The van der Waals surface area contributed by atoms with Crippen LogP contribution in [0.15, 0.2) is 35.4 Å². The molecule has 0 radical (unpaired) electrons. The highest BCUT2D eigenvalue weighted by molar-refractivity contribution is 6.29. The minimum atomic E-state index is -0.334. The van der Waals surface area contributed by atoms with Crippen LogP contribution in [0.1, 0.15) is 26.3 Å². The molecule has 2 rings (SSSR count). The number of anilines is 1. The maximum absolute atomic E-state index is 12.1. The summed E-state index contributed by atoms with van der Waals surface area (Å²) in [5.41, 5.74) is 5.41. The van der Waals surface area contributed by atoms with Crippen molar-refractivity contribution in [3.63, 3.8) is 0 Å². The Balaban J connectivity index is 2.33. The number of carbonyl (C=O) groups excluding carboxylic acids is 2. The van der Waals surface area contributed by atoms with Crippen molar-refractivity contribution in [3.05, 3.63) is 41.0 Å². The molecule has 18 heavy (non-hydrogen) atoms. The van der Waals surface area contributed by atoms with Gasteiger partial charge in [0.05, 0.1) is 5.69 Å². The number of carbonyl (C=O) groups is 2. The third-order valence-corrected chi connectivity index (χ3v) is 2.96. The predicted octanol–water partition coefficient (Wildman–Crippen LogP) is 1.96. The van der Waals surface area contributed by atoms with Crippen molar-refractivity contribution < 1.29 is 9.59 Å². The molecule has 1 aromatic rings. The van der Waals surface area contributed by atoms with E-state index in [1.54, 1.807) is 13.8 Å². The first-order valence-electron chi connectivity index (χ1n) is 5.96. The number of rotatable bonds is 2. The molecule has 1 saturated heterocycles. The summed E-state index contributed by atoms with van der Waals surface area (Å²) >= 11 is 0. The molecule has 1 heterocycles. The number of hydrogen-bond acceptors (Lipinski definition) is 2. The van der Waals surface area contributed by atoms with E-state index in [0.717, 1.165) is 12.0 Å². The Morgan fingerprint density at radius 1 is 1.17 bits per heavy atom. The van der Waals surface area contributed by atoms with Gasteiger partial charge < -0.3 is 0 Å². The molecule has 0 aromatic heterocycles. The Bertz CT molecular complexity index is 525. The number of nitrogens with zero attached hydrogens (tertiary/aromatic N) is 1. The van der Waals surface area contributed by atoms with Gasteiger partial charge in [-0.25, -0.2) is 5.01 Å². The van der Waals surface area contributed by atoms with E-state index in [4.69, 9.17) is 0 Å². The minimum absolute atomic E-state index is 0.231. The molecule has 1 aliphatic rings. The molecule has 1 aromatic carbocycles. The largest absolute Gasteiger partial charge is 0.282 e. The quantitative estimate of drug-likeness (QED) is 0.638. The summed E-state index contributed by atoms with van der Waals surface area (Å²) in [5, 5.41) is 1.30. The van der Waals surface area contributed by atoms with Crippen LogP contribution in [-0.2, 0) is 16.0 Å². The molecular weight excluding hydrogens is 228 g/mol. The van der Waals surface area contributed by atoms with Gasteiger partial charge in [0.25, 0.3) is 11.8 Å². The summed E-state index contributed by atoms with van der Waals surface area (Å²) in [7, 11) is 0. The van der Waals surface area contributed by atoms with Gasteiger partial charge in [0.1, 0.15) is 5.57 Å². The second kappa shape index (κ2) is 4.64. The molecule has 94 valence electrons. The maximum atomic E-state index is 12.1. The highest BCUT2D eigenvalue weighted by Gasteiger charge is 2.35. The van der Waals surface area contributed by atoms with Gasteiger partial charge in [0.2, 0.25) is 0 Å². The smallest absolute Gasteiger partial charge is 0.267 e. The molecule has 1 aliphatic heterocycles. The number of amides is 2. The molecule has 1 N–H and O–H groups in total. The van der Waals surface area contributed by atoms with Gasteiger partial charge in [-0.05, 0) is 38.0 Å². The lowest BCUT2D eigenvalue weighted by molar-refractivity contribution is -0.117. The Labute approximate surface area is 106 Å². The lowest BCUT2D eigenvalue weighted by Gasteiger charge is -2.14. The van der Waals surface area contributed by atoms with E-state index in [-0.39, 0.29) is 17.4 Å². The van der Waals surface area contributed by atoms with Crippen LogP contribution < -0.4 is 10.4 Å². The fourth-order valence-corrected chi connectivity index (χ4v) is 1.92. The average Bonchev–Trinajstić information content (AvgIpc) is 2.65. The van der Waals surface area contributed by atoms with E-state index in [1.807, 2.05) is 24.3 Å². The zero-order chi connectivity index (χ0) is 13.3. The second-order valence-corrected chi connectivity index (χ2v) is 4.48. The Morgan fingerprint density at radius 3 is 2.22 bits per heavy atom. The minimum Gasteiger partial charge on any atom is -0.267 e. The van der Waals surface area contributed by atoms with E-state index >= 15 is 0 Å². The van der Waals surface area contributed by atoms with Crippen LogP contribution in [-0.4, -0.2) is 11.8 Å². The summed E-state index contributed by atoms with van der Waals surface area (Å²) in [6, 6.07) is 7.58. The fraction of sp³-hybridized carbons (Fsp3) is 0.286. The SMILES string of the molecule is CCc1ccc(N2NC(=O)C(=C(C)C)C2=O)cc1. The maximum Gasteiger partial charge on any atom is 0.282 e. The molecule has 0 saturated carbocycles. The van der Waals surface area contributed by atoms with Crippen molar-refractivity contribution >= 4 is 17.5 Å². The molecule has 0 bridgehead atoms. The molecule has 0 spiro atoms. The van der Waals surface area contributed by atoms with Gasteiger partial charge >= 0.3 is 0 Å². The van der Waals surface area contributed by atoms with Crippen molar-refractivity contribution in [3.8, 4) is 0 Å². The lowest BCUT2D eigenvalue weighted by Crippen LogP contribution is -2.35. The zero-order valence-corrected chi connectivity index (χ0v) is 10.8. The van der Waals surface area contributed by atoms with Crippen molar-refractivity contribution in [2.75, 3.05) is 5.01 Å². The Morgan fingerprint density at radius 2 is 1.78 bits per heavy atom. The molecule has 4 nitrogen and oxygen atoms in total. The number of hydrogen-bond donors (Lipinski definition) is 1. The highest BCUT2D eigenvalue weighted by atomic mass is 16.2. The van der Waals surface area contributed by atoms with Crippen molar-refractivity contribution in [2.24, 2.45) is 0 Å². The molecule has 0 aliphatic carbocycles. The molecule has 2 amide bonds. The average molecular weight is 244 g/mol. The van der Waals surface area contributed by atoms with Crippen molar-refractivity contribution in [1.29, 1.82) is 0 Å². The van der Waals surface area contributed by atoms with Crippen LogP contribution in [0, 0.1) is 0 Å². The van der Waals surface area contributed by atoms with Gasteiger partial charge in [-0.1, -0.05) is 24.6 Å². The van der Waals surface area contributed by atoms with Crippen LogP contribution in [0.4, 0.5) is 5.69 Å². The number of hydrazine groups is 1. The topological polar surface area (TPSA) is 49.4 Å². The van der Waals surface area contributed by atoms with Crippen LogP contribution in [0.2, 0.25) is 0 Å². The normalized spacial score (nSPS) is 15.1. The van der Waals surface area contributed by atoms with Crippen LogP contribution in [0.25, 0.3) is 0 Å². The second-order valence-electron chi connectivity index (χ2n) is 4.48. The van der Waals surface area contributed by atoms with Gasteiger partial charge in [-0.3, -0.25) is 15.0 Å². The summed E-state index contributed by atoms with van der Waals surface area (Å²) in [6.45, 7) is 5.59. The first-order valence-corrected chi connectivity index (χ1v) is 5.96. The van der Waals surface area contributed by atoms with Gasteiger partial charge in [0, 0.05) is 0 Å². The van der Waals surface area contributed by atoms with Crippen molar-refractivity contribution in [1.82, 2.24) is 5.43 Å². The summed E-state index contributed by atoms with van der Waals surface area (Å²) in [6.07, 6.45) is 0.944. The first-order chi connectivity index (χ1) is 8.54. The van der Waals surface area contributed by atoms with E-state index < -0.39 is 0 Å². The summed E-state index contributed by atoms with van der Waals surface area (Å²) in [4.78, 5) is 23.8. The first kappa shape index (κ1) is 12.4. The van der Waals surface area contributed by atoms with E-state index in [2.05, 4.69) is 12.3 Å². The molecular formula is C14H16N2O2. The van der Waals surface area contributed by atoms with Crippen LogP contribution in [0.3, 0.4) is 0 Å². The highest BCUT2D eigenvalue weighted by Crippen LogP contribution is 2.22. The van der Waals surface area contributed by atoms with E-state index in [0.29, 0.717) is 5.69 Å². The van der Waals surface area contributed by atoms with Gasteiger partial charge in [-0.15, -0.1) is 0 Å².